The second-order valence-electron chi connectivity index (χ2n) is 4.16. The van der Waals surface area contributed by atoms with E-state index >= 15 is 0 Å². The molecule has 0 aromatic carbocycles. The van der Waals surface area contributed by atoms with Gasteiger partial charge in [0.05, 0.1) is 5.66 Å². The first-order valence-electron chi connectivity index (χ1n) is 4.90. The second-order valence-corrected chi connectivity index (χ2v) is 4.16. The number of nitrogens with zero attached hydrogens (tertiary/aromatic N) is 2. The monoisotopic (exact) mass is 169 g/mol. The van der Waals surface area contributed by atoms with Crippen LogP contribution in [0.1, 0.15) is 13.3 Å². The molecule has 1 atom stereocenters. The number of likely N-dealkylation sites (tertiary alicyclic amines) is 1. The molecule has 0 spiro atoms. The van der Waals surface area contributed by atoms with Crippen molar-refractivity contribution < 1.29 is 0 Å². The fourth-order valence-electron chi connectivity index (χ4n) is 2.10. The van der Waals surface area contributed by atoms with Crippen LogP contribution < -0.4 is 5.32 Å². The van der Waals surface area contributed by atoms with Crippen LogP contribution in [0, 0.1) is 0 Å². The maximum atomic E-state index is 3.47. The molecular formula is C9H19N3. The van der Waals surface area contributed by atoms with Gasteiger partial charge in [0.25, 0.3) is 0 Å². The number of hydrogen-bond donors (Lipinski definition) is 1. The molecule has 2 aliphatic rings. The van der Waals surface area contributed by atoms with Gasteiger partial charge in [-0.1, -0.05) is 0 Å². The average Bonchev–Trinajstić information content (AvgIpc) is 1.92. The van der Waals surface area contributed by atoms with Crippen molar-refractivity contribution in [1.29, 1.82) is 0 Å². The SMILES string of the molecule is CN1CCNC[C@]1(C)N1CCC1. The molecule has 0 unspecified atom stereocenters. The molecule has 0 aromatic heterocycles. The molecule has 3 heteroatoms. The summed E-state index contributed by atoms with van der Waals surface area (Å²) in [4.78, 5) is 5.04. The third-order valence-corrected chi connectivity index (χ3v) is 3.44. The highest BCUT2D eigenvalue weighted by molar-refractivity contribution is 4.93. The predicted molar refractivity (Wildman–Crippen MR) is 50.1 cm³/mol. The largest absolute Gasteiger partial charge is 0.312 e. The van der Waals surface area contributed by atoms with Crippen LogP contribution in [-0.2, 0) is 0 Å². The molecule has 0 bridgehead atoms. The van der Waals surface area contributed by atoms with E-state index in [0.717, 1.165) is 13.1 Å². The van der Waals surface area contributed by atoms with Crippen molar-refractivity contribution in [2.24, 2.45) is 0 Å². The summed E-state index contributed by atoms with van der Waals surface area (Å²) < 4.78 is 0. The predicted octanol–water partition coefficient (Wildman–Crippen LogP) is -0.0567. The first kappa shape index (κ1) is 8.48. The van der Waals surface area contributed by atoms with Crippen LogP contribution in [0.5, 0.6) is 0 Å². The van der Waals surface area contributed by atoms with Gasteiger partial charge in [0, 0.05) is 32.7 Å². The Hall–Kier alpha value is -0.120. The molecule has 2 heterocycles. The maximum absolute atomic E-state index is 3.47. The molecule has 0 radical (unpaired) electrons. The van der Waals surface area contributed by atoms with Crippen LogP contribution in [0.4, 0.5) is 0 Å². The summed E-state index contributed by atoms with van der Waals surface area (Å²) in [6.45, 7) is 8.33. The smallest absolute Gasteiger partial charge is 0.0834 e. The van der Waals surface area contributed by atoms with Crippen molar-refractivity contribution >= 4 is 0 Å². The summed E-state index contributed by atoms with van der Waals surface area (Å²) in [5.74, 6) is 0. The fourth-order valence-corrected chi connectivity index (χ4v) is 2.10. The van der Waals surface area contributed by atoms with E-state index in [0.29, 0.717) is 0 Å². The number of hydrogen-bond acceptors (Lipinski definition) is 3. The summed E-state index contributed by atoms with van der Waals surface area (Å²) in [5, 5.41) is 3.47. The molecular weight excluding hydrogens is 150 g/mol. The van der Waals surface area contributed by atoms with Crippen molar-refractivity contribution in [2.45, 2.75) is 19.0 Å². The van der Waals surface area contributed by atoms with Gasteiger partial charge < -0.3 is 5.32 Å². The van der Waals surface area contributed by atoms with Crippen molar-refractivity contribution in [2.75, 3.05) is 39.8 Å². The van der Waals surface area contributed by atoms with Gasteiger partial charge in [-0.05, 0) is 20.4 Å². The molecule has 12 heavy (non-hydrogen) atoms. The van der Waals surface area contributed by atoms with Crippen LogP contribution in [0.15, 0.2) is 0 Å². The van der Waals surface area contributed by atoms with Gasteiger partial charge in [-0.3, -0.25) is 9.80 Å². The minimum absolute atomic E-state index is 0.288. The van der Waals surface area contributed by atoms with E-state index in [9.17, 15) is 0 Å². The highest BCUT2D eigenvalue weighted by Gasteiger charge is 2.39. The summed E-state index contributed by atoms with van der Waals surface area (Å²) in [6, 6.07) is 0. The van der Waals surface area contributed by atoms with Crippen LogP contribution in [0.25, 0.3) is 0 Å². The summed E-state index contributed by atoms with van der Waals surface area (Å²) in [7, 11) is 2.24. The summed E-state index contributed by atoms with van der Waals surface area (Å²) in [6.07, 6.45) is 1.38. The Bertz CT molecular complexity index is 163. The molecule has 2 fully saturated rings. The Balaban J connectivity index is 2.04. The summed E-state index contributed by atoms with van der Waals surface area (Å²) >= 11 is 0. The lowest BCUT2D eigenvalue weighted by Gasteiger charge is -2.53. The molecule has 70 valence electrons. The van der Waals surface area contributed by atoms with E-state index in [4.69, 9.17) is 0 Å². The Kier molecular flexibility index (Phi) is 2.10. The third-order valence-electron chi connectivity index (χ3n) is 3.44. The Morgan fingerprint density at radius 2 is 2.00 bits per heavy atom. The van der Waals surface area contributed by atoms with Gasteiger partial charge >= 0.3 is 0 Å². The van der Waals surface area contributed by atoms with Gasteiger partial charge in [0.2, 0.25) is 0 Å². The van der Waals surface area contributed by atoms with E-state index in [1.165, 1.54) is 26.1 Å². The van der Waals surface area contributed by atoms with Gasteiger partial charge in [0.1, 0.15) is 0 Å². The lowest BCUT2D eigenvalue weighted by atomic mass is 10.0. The Morgan fingerprint density at radius 3 is 2.50 bits per heavy atom. The van der Waals surface area contributed by atoms with Crippen LogP contribution in [-0.4, -0.2) is 55.2 Å². The minimum Gasteiger partial charge on any atom is -0.312 e. The molecule has 2 aliphatic heterocycles. The van der Waals surface area contributed by atoms with Gasteiger partial charge in [-0.15, -0.1) is 0 Å². The minimum atomic E-state index is 0.288. The maximum Gasteiger partial charge on any atom is 0.0834 e. The molecule has 1 N–H and O–H groups in total. The zero-order valence-corrected chi connectivity index (χ0v) is 8.14. The van der Waals surface area contributed by atoms with Crippen LogP contribution >= 0.6 is 0 Å². The quantitative estimate of drug-likeness (QED) is 0.593. The molecule has 3 nitrogen and oxygen atoms in total. The van der Waals surface area contributed by atoms with Crippen molar-refractivity contribution in [3.05, 3.63) is 0 Å². The molecule has 0 amide bonds. The number of rotatable bonds is 1. The first-order valence-corrected chi connectivity index (χ1v) is 4.90. The van der Waals surface area contributed by atoms with Crippen molar-refractivity contribution in [1.82, 2.24) is 15.1 Å². The molecule has 2 rings (SSSR count). The highest BCUT2D eigenvalue weighted by atomic mass is 15.4. The second kappa shape index (κ2) is 2.98. The molecule has 2 saturated heterocycles. The first-order chi connectivity index (χ1) is 5.73. The summed E-state index contributed by atoms with van der Waals surface area (Å²) in [5.41, 5.74) is 0.288. The molecule has 0 saturated carbocycles. The number of likely N-dealkylation sites (N-methyl/N-ethyl adjacent to an activating group) is 1. The number of nitrogens with one attached hydrogen (secondary N) is 1. The van der Waals surface area contributed by atoms with Crippen LogP contribution in [0.3, 0.4) is 0 Å². The topological polar surface area (TPSA) is 18.5 Å². The number of piperazine rings is 1. The van der Waals surface area contributed by atoms with E-state index < -0.39 is 0 Å². The molecule has 0 aromatic rings. The average molecular weight is 169 g/mol. The lowest BCUT2D eigenvalue weighted by molar-refractivity contribution is -0.0780. The normalized spacial score (nSPS) is 39.5. The van der Waals surface area contributed by atoms with Crippen molar-refractivity contribution in [3.8, 4) is 0 Å². The Labute approximate surface area is 74.7 Å². The van der Waals surface area contributed by atoms with Gasteiger partial charge in [-0.25, -0.2) is 0 Å². The van der Waals surface area contributed by atoms with E-state index in [1.54, 1.807) is 0 Å². The molecule has 0 aliphatic carbocycles. The zero-order chi connectivity index (χ0) is 8.60. The van der Waals surface area contributed by atoms with Gasteiger partial charge in [0.15, 0.2) is 0 Å². The van der Waals surface area contributed by atoms with E-state index in [2.05, 4.69) is 29.1 Å². The van der Waals surface area contributed by atoms with Crippen LogP contribution in [0.2, 0.25) is 0 Å². The van der Waals surface area contributed by atoms with Gasteiger partial charge in [-0.2, -0.15) is 0 Å². The third kappa shape index (κ3) is 1.16. The standard InChI is InChI=1S/C9H19N3/c1-9(12-5-3-6-12)8-10-4-7-11(9)2/h10H,3-8H2,1-2H3/t9-/m0/s1. The highest BCUT2D eigenvalue weighted by Crippen LogP contribution is 2.25. The Morgan fingerprint density at radius 1 is 1.25 bits per heavy atom. The fraction of sp³-hybridized carbons (Fsp3) is 1.00. The lowest BCUT2D eigenvalue weighted by Crippen LogP contribution is -2.69. The zero-order valence-electron chi connectivity index (χ0n) is 8.14. The van der Waals surface area contributed by atoms with Crippen molar-refractivity contribution in [3.63, 3.8) is 0 Å². The van der Waals surface area contributed by atoms with E-state index in [1.807, 2.05) is 0 Å². The van der Waals surface area contributed by atoms with E-state index in [-0.39, 0.29) is 5.66 Å².